The fourth-order valence-corrected chi connectivity index (χ4v) is 2.44. The summed E-state index contributed by atoms with van der Waals surface area (Å²) in [5.41, 5.74) is 3.44. The molecule has 2 heteroatoms. The Balaban J connectivity index is 1.86. The molecule has 0 atom stereocenters. The summed E-state index contributed by atoms with van der Waals surface area (Å²) in [5.74, 6) is -1.55. The first-order valence-electron chi connectivity index (χ1n) is 7.71. The third kappa shape index (κ3) is 4.96. The molecule has 0 heterocycles. The van der Waals surface area contributed by atoms with Crippen LogP contribution in [0.5, 0.6) is 0 Å². The Morgan fingerprint density at radius 2 is 1.24 bits per heavy atom. The van der Waals surface area contributed by atoms with Crippen molar-refractivity contribution >= 4 is 0 Å². The molecule has 2 rings (SSSR count). The van der Waals surface area contributed by atoms with E-state index in [0.29, 0.717) is 0 Å². The van der Waals surface area contributed by atoms with E-state index in [1.807, 2.05) is 0 Å². The van der Waals surface area contributed by atoms with E-state index in [-0.39, 0.29) is 0 Å². The van der Waals surface area contributed by atoms with E-state index in [4.69, 9.17) is 0 Å². The Labute approximate surface area is 125 Å². The number of halogens is 2. The maximum atomic E-state index is 13.1. The predicted octanol–water partition coefficient (Wildman–Crippen LogP) is 5.48. The lowest BCUT2D eigenvalue weighted by Gasteiger charge is -2.05. The van der Waals surface area contributed by atoms with Crippen LogP contribution >= 0.6 is 0 Å². The molecule has 21 heavy (non-hydrogen) atoms. The van der Waals surface area contributed by atoms with Crippen molar-refractivity contribution in [1.82, 2.24) is 0 Å². The molecule has 2 aromatic rings. The molecule has 0 nitrogen and oxygen atoms in total. The standard InChI is InChI=1S/C19H22F2/c1-2-3-4-5-15-6-8-16(9-7-15)10-11-17-12-13-18(20)19(21)14-17/h6-9,12-14H,2-5,10-11H2,1H3. The lowest BCUT2D eigenvalue weighted by molar-refractivity contribution is 0.507. The second-order valence-electron chi connectivity index (χ2n) is 5.52. The molecule has 0 N–H and O–H groups in total. The Morgan fingerprint density at radius 3 is 1.86 bits per heavy atom. The molecule has 0 spiro atoms. The molecule has 0 aliphatic heterocycles. The van der Waals surface area contributed by atoms with Gasteiger partial charge in [0, 0.05) is 0 Å². The van der Waals surface area contributed by atoms with Crippen LogP contribution in [0.1, 0.15) is 42.9 Å². The molecular weight excluding hydrogens is 266 g/mol. The van der Waals surface area contributed by atoms with E-state index in [9.17, 15) is 8.78 Å². The first kappa shape index (κ1) is 15.7. The van der Waals surface area contributed by atoms with Crippen molar-refractivity contribution in [2.45, 2.75) is 45.4 Å². The van der Waals surface area contributed by atoms with Crippen molar-refractivity contribution < 1.29 is 8.78 Å². The Hall–Kier alpha value is -1.70. The topological polar surface area (TPSA) is 0 Å². The minimum Gasteiger partial charge on any atom is -0.204 e. The zero-order valence-electron chi connectivity index (χ0n) is 12.5. The smallest absolute Gasteiger partial charge is 0.159 e. The van der Waals surface area contributed by atoms with Gasteiger partial charge in [0.25, 0.3) is 0 Å². The zero-order valence-corrected chi connectivity index (χ0v) is 12.5. The minimum atomic E-state index is -0.782. The van der Waals surface area contributed by atoms with Crippen LogP contribution in [0, 0.1) is 11.6 Å². The first-order chi connectivity index (χ1) is 10.2. The average molecular weight is 288 g/mol. The van der Waals surface area contributed by atoms with Crippen LogP contribution in [0.25, 0.3) is 0 Å². The van der Waals surface area contributed by atoms with Crippen molar-refractivity contribution in [1.29, 1.82) is 0 Å². The number of hydrogen-bond acceptors (Lipinski definition) is 0. The monoisotopic (exact) mass is 288 g/mol. The number of aryl methyl sites for hydroxylation is 3. The second kappa shape index (κ2) is 7.92. The quantitative estimate of drug-likeness (QED) is 0.592. The van der Waals surface area contributed by atoms with Gasteiger partial charge in [0.2, 0.25) is 0 Å². The number of benzene rings is 2. The molecule has 0 aliphatic carbocycles. The summed E-state index contributed by atoms with van der Waals surface area (Å²) in [6, 6.07) is 12.8. The molecule has 0 amide bonds. The van der Waals surface area contributed by atoms with Crippen molar-refractivity contribution in [3.05, 3.63) is 70.8 Å². The van der Waals surface area contributed by atoms with Crippen molar-refractivity contribution in [2.24, 2.45) is 0 Å². The molecule has 0 saturated heterocycles. The summed E-state index contributed by atoms with van der Waals surface area (Å²) in [6.07, 6.45) is 6.47. The van der Waals surface area contributed by atoms with Gasteiger partial charge in [-0.2, -0.15) is 0 Å². The highest BCUT2D eigenvalue weighted by atomic mass is 19.2. The zero-order chi connectivity index (χ0) is 15.1. The molecule has 112 valence electrons. The number of rotatable bonds is 7. The SMILES string of the molecule is CCCCCc1ccc(CCc2ccc(F)c(F)c2)cc1. The lowest BCUT2D eigenvalue weighted by atomic mass is 10.0. The van der Waals surface area contributed by atoms with Gasteiger partial charge in [-0.3, -0.25) is 0 Å². The van der Waals surface area contributed by atoms with Crippen molar-refractivity contribution in [3.8, 4) is 0 Å². The van der Waals surface area contributed by atoms with Crippen LogP contribution in [0.2, 0.25) is 0 Å². The molecule has 0 saturated carbocycles. The lowest BCUT2D eigenvalue weighted by Crippen LogP contribution is -1.94. The number of unbranched alkanes of at least 4 members (excludes halogenated alkanes) is 2. The third-order valence-electron chi connectivity index (χ3n) is 3.78. The Kier molecular flexibility index (Phi) is 5.91. The van der Waals surface area contributed by atoms with E-state index in [1.54, 1.807) is 6.07 Å². The summed E-state index contributed by atoms with van der Waals surface area (Å²) in [6.45, 7) is 2.21. The van der Waals surface area contributed by atoms with Gasteiger partial charge in [-0.05, 0) is 54.5 Å². The maximum Gasteiger partial charge on any atom is 0.159 e. The normalized spacial score (nSPS) is 10.8. The largest absolute Gasteiger partial charge is 0.204 e. The first-order valence-corrected chi connectivity index (χ1v) is 7.71. The highest BCUT2D eigenvalue weighted by Crippen LogP contribution is 2.13. The average Bonchev–Trinajstić information content (AvgIpc) is 2.50. The van der Waals surface area contributed by atoms with Gasteiger partial charge in [0.05, 0.1) is 0 Å². The molecule has 0 unspecified atom stereocenters. The van der Waals surface area contributed by atoms with Crippen LogP contribution in [-0.2, 0) is 19.3 Å². The van der Waals surface area contributed by atoms with Gasteiger partial charge in [0.1, 0.15) is 0 Å². The summed E-state index contributed by atoms with van der Waals surface area (Å²) in [7, 11) is 0. The fraction of sp³-hybridized carbons (Fsp3) is 0.368. The fourth-order valence-electron chi connectivity index (χ4n) is 2.44. The summed E-state index contributed by atoms with van der Waals surface area (Å²) < 4.78 is 26.0. The van der Waals surface area contributed by atoms with Crippen LogP contribution in [-0.4, -0.2) is 0 Å². The van der Waals surface area contributed by atoms with Gasteiger partial charge in [-0.25, -0.2) is 8.78 Å². The van der Waals surface area contributed by atoms with E-state index >= 15 is 0 Å². The third-order valence-corrected chi connectivity index (χ3v) is 3.78. The van der Waals surface area contributed by atoms with Crippen molar-refractivity contribution in [2.75, 3.05) is 0 Å². The van der Waals surface area contributed by atoms with Crippen molar-refractivity contribution in [3.63, 3.8) is 0 Å². The molecule has 0 aromatic heterocycles. The van der Waals surface area contributed by atoms with Crippen LogP contribution in [0.15, 0.2) is 42.5 Å². The molecule has 0 aliphatic rings. The van der Waals surface area contributed by atoms with E-state index in [2.05, 4.69) is 31.2 Å². The molecule has 2 aromatic carbocycles. The maximum absolute atomic E-state index is 13.1. The molecule has 0 fully saturated rings. The Bertz CT molecular complexity index is 558. The highest BCUT2D eigenvalue weighted by molar-refractivity contribution is 5.25. The highest BCUT2D eigenvalue weighted by Gasteiger charge is 2.03. The molecular formula is C19H22F2. The number of hydrogen-bond donors (Lipinski definition) is 0. The second-order valence-corrected chi connectivity index (χ2v) is 5.52. The van der Waals surface area contributed by atoms with Gasteiger partial charge in [-0.1, -0.05) is 50.1 Å². The van der Waals surface area contributed by atoms with E-state index in [1.165, 1.54) is 42.5 Å². The summed E-state index contributed by atoms with van der Waals surface area (Å²) in [4.78, 5) is 0. The van der Waals surface area contributed by atoms with Crippen LogP contribution in [0.4, 0.5) is 8.78 Å². The van der Waals surface area contributed by atoms with Crippen LogP contribution in [0.3, 0.4) is 0 Å². The van der Waals surface area contributed by atoms with Gasteiger partial charge in [0.15, 0.2) is 11.6 Å². The molecule has 0 bridgehead atoms. The van der Waals surface area contributed by atoms with Gasteiger partial charge >= 0.3 is 0 Å². The summed E-state index contributed by atoms with van der Waals surface area (Å²) in [5, 5.41) is 0. The van der Waals surface area contributed by atoms with Gasteiger partial charge in [-0.15, -0.1) is 0 Å². The molecule has 0 radical (unpaired) electrons. The van der Waals surface area contributed by atoms with E-state index < -0.39 is 11.6 Å². The predicted molar refractivity (Wildman–Crippen MR) is 83.4 cm³/mol. The van der Waals surface area contributed by atoms with E-state index in [0.717, 1.165) is 24.8 Å². The summed E-state index contributed by atoms with van der Waals surface area (Å²) >= 11 is 0. The Morgan fingerprint density at radius 1 is 0.667 bits per heavy atom. The van der Waals surface area contributed by atoms with Crippen LogP contribution < -0.4 is 0 Å². The minimum absolute atomic E-state index is 0.729. The van der Waals surface area contributed by atoms with Gasteiger partial charge < -0.3 is 0 Å².